The largest absolute Gasteiger partial charge is 0.444 e. The molecule has 0 atom stereocenters. The lowest BCUT2D eigenvalue weighted by atomic mass is 10.2. The standard InChI is InChI=1S/C9H16N2O2/c1-9(2,3)13-8(12)11-5-4-7(10)6-11/h4H,5-6,10H2,1-3H3. The van der Waals surface area contributed by atoms with Crippen LogP contribution in [0, 0.1) is 0 Å². The van der Waals surface area contributed by atoms with Crippen molar-refractivity contribution in [2.75, 3.05) is 13.1 Å². The van der Waals surface area contributed by atoms with Crippen LogP contribution < -0.4 is 5.73 Å². The van der Waals surface area contributed by atoms with Crippen molar-refractivity contribution < 1.29 is 9.53 Å². The van der Waals surface area contributed by atoms with Gasteiger partial charge in [0.05, 0.1) is 6.54 Å². The maximum atomic E-state index is 11.4. The van der Waals surface area contributed by atoms with Crippen molar-refractivity contribution in [2.24, 2.45) is 5.73 Å². The van der Waals surface area contributed by atoms with Crippen LogP contribution in [0.3, 0.4) is 0 Å². The van der Waals surface area contributed by atoms with E-state index < -0.39 is 5.60 Å². The molecule has 1 aliphatic rings. The van der Waals surface area contributed by atoms with E-state index in [2.05, 4.69) is 0 Å². The van der Waals surface area contributed by atoms with Gasteiger partial charge < -0.3 is 10.5 Å². The molecular formula is C9H16N2O2. The zero-order valence-corrected chi connectivity index (χ0v) is 8.33. The SMILES string of the molecule is CC(C)(C)OC(=O)N1CC=C(N)C1. The molecule has 0 saturated carbocycles. The van der Waals surface area contributed by atoms with Crippen LogP contribution in [0.4, 0.5) is 4.79 Å². The maximum absolute atomic E-state index is 11.4. The van der Waals surface area contributed by atoms with E-state index in [4.69, 9.17) is 10.5 Å². The Labute approximate surface area is 78.3 Å². The Bertz CT molecular complexity index is 240. The van der Waals surface area contributed by atoms with Crippen LogP contribution in [0.5, 0.6) is 0 Å². The van der Waals surface area contributed by atoms with Crippen molar-refractivity contribution in [1.82, 2.24) is 4.90 Å². The fourth-order valence-electron chi connectivity index (χ4n) is 1.04. The van der Waals surface area contributed by atoms with Crippen LogP contribution in [0.25, 0.3) is 0 Å². The molecule has 4 heteroatoms. The Kier molecular flexibility index (Phi) is 2.50. The maximum Gasteiger partial charge on any atom is 0.410 e. The average Bonchev–Trinajstić information content (AvgIpc) is 2.31. The molecule has 1 aliphatic heterocycles. The van der Waals surface area contributed by atoms with Gasteiger partial charge in [-0.3, -0.25) is 4.90 Å². The molecule has 0 aromatic rings. The van der Waals surface area contributed by atoms with Crippen LogP contribution in [0.2, 0.25) is 0 Å². The summed E-state index contributed by atoms with van der Waals surface area (Å²) in [7, 11) is 0. The number of rotatable bonds is 0. The van der Waals surface area contributed by atoms with Gasteiger partial charge in [0.15, 0.2) is 0 Å². The third kappa shape index (κ3) is 2.97. The van der Waals surface area contributed by atoms with E-state index >= 15 is 0 Å². The van der Waals surface area contributed by atoms with Gasteiger partial charge in [-0.25, -0.2) is 4.79 Å². The molecule has 1 amide bonds. The highest BCUT2D eigenvalue weighted by molar-refractivity contribution is 5.69. The zero-order valence-electron chi connectivity index (χ0n) is 8.33. The number of amides is 1. The van der Waals surface area contributed by atoms with Crippen LogP contribution in [-0.2, 0) is 4.74 Å². The van der Waals surface area contributed by atoms with Gasteiger partial charge in [0.1, 0.15) is 5.60 Å². The summed E-state index contributed by atoms with van der Waals surface area (Å²) in [6, 6.07) is 0. The van der Waals surface area contributed by atoms with Crippen LogP contribution in [-0.4, -0.2) is 29.7 Å². The van der Waals surface area contributed by atoms with Gasteiger partial charge in [-0.1, -0.05) is 0 Å². The van der Waals surface area contributed by atoms with Crippen molar-refractivity contribution in [1.29, 1.82) is 0 Å². The van der Waals surface area contributed by atoms with Crippen molar-refractivity contribution in [3.05, 3.63) is 11.8 Å². The van der Waals surface area contributed by atoms with E-state index in [1.54, 1.807) is 4.90 Å². The Morgan fingerprint density at radius 3 is 2.62 bits per heavy atom. The lowest BCUT2D eigenvalue weighted by Gasteiger charge is -2.24. The van der Waals surface area contributed by atoms with Crippen molar-refractivity contribution >= 4 is 6.09 Å². The number of hydrogen-bond acceptors (Lipinski definition) is 3. The molecule has 0 radical (unpaired) electrons. The smallest absolute Gasteiger partial charge is 0.410 e. The van der Waals surface area contributed by atoms with E-state index in [0.29, 0.717) is 13.1 Å². The normalized spacial score (nSPS) is 17.2. The zero-order chi connectivity index (χ0) is 10.1. The van der Waals surface area contributed by atoms with Gasteiger partial charge in [-0.2, -0.15) is 0 Å². The molecule has 74 valence electrons. The monoisotopic (exact) mass is 184 g/mol. The molecule has 0 aromatic heterocycles. The third-order valence-electron chi connectivity index (χ3n) is 1.60. The first-order valence-electron chi connectivity index (χ1n) is 4.31. The fraction of sp³-hybridized carbons (Fsp3) is 0.667. The molecule has 0 spiro atoms. The summed E-state index contributed by atoms with van der Waals surface area (Å²) < 4.78 is 5.17. The number of carbonyl (C=O) groups is 1. The molecule has 0 unspecified atom stereocenters. The summed E-state index contributed by atoms with van der Waals surface area (Å²) in [6.07, 6.45) is 1.52. The second-order valence-electron chi connectivity index (χ2n) is 4.14. The van der Waals surface area contributed by atoms with E-state index in [1.165, 1.54) is 0 Å². The third-order valence-corrected chi connectivity index (χ3v) is 1.60. The number of carbonyl (C=O) groups excluding carboxylic acids is 1. The van der Waals surface area contributed by atoms with Gasteiger partial charge in [0, 0.05) is 12.2 Å². The molecule has 0 aliphatic carbocycles. The van der Waals surface area contributed by atoms with Crippen LogP contribution in [0.15, 0.2) is 11.8 Å². The Morgan fingerprint density at radius 2 is 2.23 bits per heavy atom. The molecule has 0 saturated heterocycles. The predicted octanol–water partition coefficient (Wildman–Crippen LogP) is 1.08. The van der Waals surface area contributed by atoms with E-state index in [-0.39, 0.29) is 6.09 Å². The molecular weight excluding hydrogens is 168 g/mol. The first-order valence-corrected chi connectivity index (χ1v) is 4.31. The lowest BCUT2D eigenvalue weighted by molar-refractivity contribution is 0.0301. The van der Waals surface area contributed by atoms with E-state index in [9.17, 15) is 4.79 Å². The Hall–Kier alpha value is -1.19. The van der Waals surface area contributed by atoms with Crippen molar-refractivity contribution in [3.63, 3.8) is 0 Å². The summed E-state index contributed by atoms with van der Waals surface area (Å²) in [5.41, 5.74) is 5.83. The summed E-state index contributed by atoms with van der Waals surface area (Å²) in [5, 5.41) is 0. The quantitative estimate of drug-likeness (QED) is 0.613. The van der Waals surface area contributed by atoms with Gasteiger partial charge in [-0.05, 0) is 26.8 Å². The molecule has 4 nitrogen and oxygen atoms in total. The average molecular weight is 184 g/mol. The minimum absolute atomic E-state index is 0.302. The van der Waals surface area contributed by atoms with Gasteiger partial charge in [0.25, 0.3) is 0 Å². The fourth-order valence-corrected chi connectivity index (χ4v) is 1.04. The summed E-state index contributed by atoms with van der Waals surface area (Å²) in [4.78, 5) is 13.0. The molecule has 0 fully saturated rings. The number of nitrogens with zero attached hydrogens (tertiary/aromatic N) is 1. The second-order valence-corrected chi connectivity index (χ2v) is 4.14. The highest BCUT2D eigenvalue weighted by Gasteiger charge is 2.23. The van der Waals surface area contributed by atoms with Crippen LogP contribution >= 0.6 is 0 Å². The Balaban J connectivity index is 2.43. The molecule has 2 N–H and O–H groups in total. The van der Waals surface area contributed by atoms with Crippen LogP contribution in [0.1, 0.15) is 20.8 Å². The van der Waals surface area contributed by atoms with Crippen molar-refractivity contribution in [2.45, 2.75) is 26.4 Å². The molecule has 13 heavy (non-hydrogen) atoms. The van der Waals surface area contributed by atoms with E-state index in [0.717, 1.165) is 5.70 Å². The summed E-state index contributed by atoms with van der Waals surface area (Å²) >= 11 is 0. The van der Waals surface area contributed by atoms with Gasteiger partial charge in [-0.15, -0.1) is 0 Å². The highest BCUT2D eigenvalue weighted by Crippen LogP contribution is 2.12. The summed E-state index contributed by atoms with van der Waals surface area (Å²) in [6.45, 7) is 6.57. The lowest BCUT2D eigenvalue weighted by Crippen LogP contribution is -2.35. The molecule has 1 rings (SSSR count). The highest BCUT2D eigenvalue weighted by atomic mass is 16.6. The minimum Gasteiger partial charge on any atom is -0.444 e. The Morgan fingerprint density at radius 1 is 1.62 bits per heavy atom. The topological polar surface area (TPSA) is 55.6 Å². The number of hydrogen-bond donors (Lipinski definition) is 1. The number of ether oxygens (including phenoxy) is 1. The van der Waals surface area contributed by atoms with Crippen molar-refractivity contribution in [3.8, 4) is 0 Å². The van der Waals surface area contributed by atoms with Gasteiger partial charge >= 0.3 is 6.09 Å². The first kappa shape index (κ1) is 9.89. The minimum atomic E-state index is -0.436. The van der Waals surface area contributed by atoms with Gasteiger partial charge in [0.2, 0.25) is 0 Å². The second kappa shape index (κ2) is 3.28. The molecule has 0 aromatic carbocycles. The number of nitrogens with two attached hydrogens (primary N) is 1. The first-order chi connectivity index (χ1) is 5.88. The molecule has 1 heterocycles. The molecule has 0 bridgehead atoms. The predicted molar refractivity (Wildman–Crippen MR) is 50.1 cm³/mol. The summed E-state index contributed by atoms with van der Waals surface area (Å²) in [5.74, 6) is 0. The van der Waals surface area contributed by atoms with E-state index in [1.807, 2.05) is 26.8 Å².